The van der Waals surface area contributed by atoms with E-state index in [-0.39, 0.29) is 11.8 Å². The highest BCUT2D eigenvalue weighted by Crippen LogP contribution is 2.24. The highest BCUT2D eigenvalue weighted by Gasteiger charge is 2.24. The van der Waals surface area contributed by atoms with Gasteiger partial charge in [0.1, 0.15) is 0 Å². The molecule has 3 rings (SSSR count). The number of anilines is 1. The third-order valence-corrected chi connectivity index (χ3v) is 5.75. The van der Waals surface area contributed by atoms with Crippen molar-refractivity contribution in [2.45, 2.75) is 25.8 Å². The molecule has 1 aliphatic heterocycles. The van der Waals surface area contributed by atoms with E-state index in [2.05, 4.69) is 17.0 Å². The number of piperidine rings is 1. The highest BCUT2D eigenvalue weighted by molar-refractivity contribution is 7.10. The van der Waals surface area contributed by atoms with Gasteiger partial charge in [0, 0.05) is 37.2 Å². The summed E-state index contributed by atoms with van der Waals surface area (Å²) in [4.78, 5) is 28.5. The lowest BCUT2D eigenvalue weighted by Gasteiger charge is -2.32. The number of rotatable bonds is 6. The predicted molar refractivity (Wildman–Crippen MR) is 104 cm³/mol. The lowest BCUT2D eigenvalue weighted by molar-refractivity contribution is -0.142. The molecule has 0 spiro atoms. The Kier molecular flexibility index (Phi) is 5.93. The quantitative estimate of drug-likeness (QED) is 0.846. The van der Waals surface area contributed by atoms with Gasteiger partial charge in [-0.1, -0.05) is 18.2 Å². The zero-order chi connectivity index (χ0) is 18.5. The summed E-state index contributed by atoms with van der Waals surface area (Å²) in [6.07, 6.45) is 1.80. The summed E-state index contributed by atoms with van der Waals surface area (Å²) in [5, 5.41) is 11.1. The number of aliphatic carboxylic acids is 1. The average molecular weight is 372 g/mol. The second kappa shape index (κ2) is 8.36. The van der Waals surface area contributed by atoms with Gasteiger partial charge in [-0.25, -0.2) is 0 Å². The van der Waals surface area contributed by atoms with Gasteiger partial charge in [0.2, 0.25) is 5.91 Å². The first-order valence-corrected chi connectivity index (χ1v) is 9.74. The Morgan fingerprint density at radius 3 is 2.65 bits per heavy atom. The van der Waals surface area contributed by atoms with Crippen molar-refractivity contribution >= 4 is 28.9 Å². The van der Waals surface area contributed by atoms with E-state index in [0.717, 1.165) is 29.2 Å². The number of benzene rings is 1. The van der Waals surface area contributed by atoms with Crippen molar-refractivity contribution in [1.82, 2.24) is 4.90 Å². The van der Waals surface area contributed by atoms with Gasteiger partial charge in [-0.2, -0.15) is 0 Å². The zero-order valence-corrected chi connectivity index (χ0v) is 15.7. The molecule has 1 N–H and O–H groups in total. The number of hydrogen-bond donors (Lipinski definition) is 1. The Morgan fingerprint density at radius 1 is 1.23 bits per heavy atom. The molecule has 0 radical (unpaired) electrons. The minimum absolute atomic E-state index is 0.111. The summed E-state index contributed by atoms with van der Waals surface area (Å²) in [5.41, 5.74) is 2.19. The second-order valence-electron chi connectivity index (χ2n) is 6.78. The number of thiophene rings is 1. The number of amides is 1. The summed E-state index contributed by atoms with van der Waals surface area (Å²) in [6.45, 7) is 2.09. The molecule has 1 aromatic heterocycles. The van der Waals surface area contributed by atoms with E-state index in [1.807, 2.05) is 36.7 Å². The third-order valence-electron chi connectivity index (χ3n) is 4.87. The number of carboxylic acid groups (broad SMARTS) is 1. The predicted octanol–water partition coefficient (Wildman–Crippen LogP) is 3.25. The van der Waals surface area contributed by atoms with Crippen LogP contribution < -0.4 is 4.90 Å². The molecule has 1 aromatic carbocycles. The molecule has 0 saturated carbocycles. The van der Waals surface area contributed by atoms with Gasteiger partial charge in [-0.3, -0.25) is 9.59 Å². The maximum atomic E-state index is 12.4. The van der Waals surface area contributed by atoms with Crippen molar-refractivity contribution in [1.29, 1.82) is 0 Å². The van der Waals surface area contributed by atoms with Crippen LogP contribution >= 0.6 is 11.3 Å². The molecule has 0 aliphatic carbocycles. The maximum Gasteiger partial charge on any atom is 0.306 e. The molecule has 5 nitrogen and oxygen atoms in total. The number of likely N-dealkylation sites (N-methyl/N-ethyl adjacent to an activating group) is 1. The standard InChI is InChI=1S/C20H24N2O3S/c1-21(19(23)13-18-6-3-11-26-18)14-15-4-2-5-17(12-15)22-9-7-16(8-10-22)20(24)25/h2-6,11-12,16H,7-10,13-14H2,1H3,(H,24,25). The Hall–Kier alpha value is -2.34. The molecule has 1 fully saturated rings. The molecule has 0 atom stereocenters. The van der Waals surface area contributed by atoms with E-state index >= 15 is 0 Å². The lowest BCUT2D eigenvalue weighted by Crippen LogP contribution is -2.36. The second-order valence-corrected chi connectivity index (χ2v) is 7.81. The summed E-state index contributed by atoms with van der Waals surface area (Å²) < 4.78 is 0. The number of carbonyl (C=O) groups excluding carboxylic acids is 1. The Bertz CT molecular complexity index is 752. The van der Waals surface area contributed by atoms with Crippen molar-refractivity contribution in [3.8, 4) is 0 Å². The smallest absolute Gasteiger partial charge is 0.306 e. The molecule has 1 saturated heterocycles. The lowest BCUT2D eigenvalue weighted by atomic mass is 9.96. The van der Waals surface area contributed by atoms with Crippen molar-refractivity contribution in [2.75, 3.05) is 25.0 Å². The highest BCUT2D eigenvalue weighted by atomic mass is 32.1. The van der Waals surface area contributed by atoms with Gasteiger partial charge in [0.05, 0.1) is 12.3 Å². The van der Waals surface area contributed by atoms with E-state index in [0.29, 0.717) is 25.8 Å². The first kappa shape index (κ1) is 18.5. The van der Waals surface area contributed by atoms with Crippen molar-refractivity contribution in [3.05, 3.63) is 52.2 Å². The average Bonchev–Trinajstić information content (AvgIpc) is 3.15. The molecule has 0 bridgehead atoms. The monoisotopic (exact) mass is 372 g/mol. The van der Waals surface area contributed by atoms with E-state index in [1.54, 1.807) is 16.2 Å². The molecule has 2 heterocycles. The van der Waals surface area contributed by atoms with Crippen molar-refractivity contribution in [2.24, 2.45) is 5.92 Å². The molecule has 1 aliphatic rings. The van der Waals surface area contributed by atoms with Crippen LogP contribution in [-0.4, -0.2) is 42.0 Å². The Balaban J connectivity index is 1.59. The number of hydrogen-bond acceptors (Lipinski definition) is 4. The molecular weight excluding hydrogens is 348 g/mol. The molecule has 1 amide bonds. The van der Waals surface area contributed by atoms with Crippen molar-refractivity contribution < 1.29 is 14.7 Å². The van der Waals surface area contributed by atoms with Gasteiger partial charge in [0.15, 0.2) is 0 Å². The van der Waals surface area contributed by atoms with Crippen LogP contribution in [0.1, 0.15) is 23.3 Å². The van der Waals surface area contributed by atoms with Crippen LogP contribution in [-0.2, 0) is 22.6 Å². The van der Waals surface area contributed by atoms with Gasteiger partial charge in [0.25, 0.3) is 0 Å². The van der Waals surface area contributed by atoms with Gasteiger partial charge in [-0.05, 0) is 42.0 Å². The minimum Gasteiger partial charge on any atom is -0.481 e. The van der Waals surface area contributed by atoms with E-state index in [9.17, 15) is 9.59 Å². The fourth-order valence-corrected chi connectivity index (χ4v) is 3.99. The van der Waals surface area contributed by atoms with Crippen LogP contribution in [0.15, 0.2) is 41.8 Å². The van der Waals surface area contributed by atoms with Gasteiger partial charge >= 0.3 is 5.97 Å². The maximum absolute atomic E-state index is 12.4. The minimum atomic E-state index is -0.690. The van der Waals surface area contributed by atoms with Gasteiger partial charge in [-0.15, -0.1) is 11.3 Å². The van der Waals surface area contributed by atoms with Crippen LogP contribution in [0.2, 0.25) is 0 Å². The molecular formula is C20H24N2O3S. The fourth-order valence-electron chi connectivity index (χ4n) is 3.30. The topological polar surface area (TPSA) is 60.9 Å². The van der Waals surface area contributed by atoms with E-state index in [1.165, 1.54) is 0 Å². The first-order valence-electron chi connectivity index (χ1n) is 8.86. The molecule has 2 aromatic rings. The summed E-state index contributed by atoms with van der Waals surface area (Å²) in [7, 11) is 1.83. The number of nitrogens with zero attached hydrogens (tertiary/aromatic N) is 2. The molecule has 138 valence electrons. The normalized spacial score (nSPS) is 15.0. The third kappa shape index (κ3) is 4.64. The first-order chi connectivity index (χ1) is 12.5. The van der Waals surface area contributed by atoms with E-state index in [4.69, 9.17) is 5.11 Å². The Morgan fingerprint density at radius 2 is 2.00 bits per heavy atom. The van der Waals surface area contributed by atoms with Crippen LogP contribution in [0, 0.1) is 5.92 Å². The summed E-state index contributed by atoms with van der Waals surface area (Å²) in [5.74, 6) is -0.806. The fraction of sp³-hybridized carbons (Fsp3) is 0.400. The summed E-state index contributed by atoms with van der Waals surface area (Å²) in [6, 6.07) is 12.1. The summed E-state index contributed by atoms with van der Waals surface area (Å²) >= 11 is 1.60. The number of carboxylic acids is 1. The van der Waals surface area contributed by atoms with Crippen LogP contribution in [0.5, 0.6) is 0 Å². The van der Waals surface area contributed by atoms with Crippen LogP contribution in [0.25, 0.3) is 0 Å². The van der Waals surface area contributed by atoms with Crippen LogP contribution in [0.4, 0.5) is 5.69 Å². The van der Waals surface area contributed by atoms with Gasteiger partial charge < -0.3 is 14.9 Å². The largest absolute Gasteiger partial charge is 0.481 e. The molecule has 0 unspecified atom stereocenters. The Labute approximate surface area is 157 Å². The van der Waals surface area contributed by atoms with Crippen molar-refractivity contribution in [3.63, 3.8) is 0 Å². The van der Waals surface area contributed by atoms with Crippen LogP contribution in [0.3, 0.4) is 0 Å². The molecule has 6 heteroatoms. The molecule has 26 heavy (non-hydrogen) atoms. The SMILES string of the molecule is CN(Cc1cccc(N2CCC(C(=O)O)CC2)c1)C(=O)Cc1cccs1. The number of carbonyl (C=O) groups is 2. The van der Waals surface area contributed by atoms with E-state index < -0.39 is 5.97 Å². The zero-order valence-electron chi connectivity index (χ0n) is 14.9.